The first-order chi connectivity index (χ1) is 20.3. The van der Waals surface area contributed by atoms with Crippen molar-refractivity contribution in [2.45, 2.75) is 24.9 Å². The van der Waals surface area contributed by atoms with Crippen molar-refractivity contribution in [3.8, 4) is 17.4 Å². The van der Waals surface area contributed by atoms with Gasteiger partial charge in [0.1, 0.15) is 11.5 Å². The summed E-state index contributed by atoms with van der Waals surface area (Å²) in [6.45, 7) is 1.23. The fourth-order valence-corrected chi connectivity index (χ4v) is 4.75. The number of carbonyl (C=O) groups is 1. The standard InChI is InChI=1S/C30H29F3N6O3/c1-41-22-9-5-20(6-10-22)36-28-35-18-15-26(39-28)42-23-11-7-21(8-12-23)37-29(40)38-25-4-2-3-24(30(31,32)33)27(25)19-13-16-34-17-14-19/h2-12,15,18-19,34H,13-14,16-17H2,1H3,(H,35,36,39)(H2,37,38,40). The zero-order chi connectivity index (χ0) is 29.5. The van der Waals surface area contributed by atoms with E-state index in [-0.39, 0.29) is 17.2 Å². The molecule has 0 atom stereocenters. The number of methoxy groups -OCH3 is 1. The van der Waals surface area contributed by atoms with Gasteiger partial charge in [0, 0.05) is 29.3 Å². The predicted octanol–water partition coefficient (Wildman–Crippen LogP) is 7.15. The molecule has 1 aliphatic rings. The first-order valence-corrected chi connectivity index (χ1v) is 13.3. The molecule has 3 aromatic carbocycles. The van der Waals surface area contributed by atoms with Gasteiger partial charge in [-0.25, -0.2) is 9.78 Å². The Morgan fingerprint density at radius 3 is 2.29 bits per heavy atom. The number of anilines is 4. The van der Waals surface area contributed by atoms with Crippen LogP contribution < -0.4 is 30.7 Å². The maximum absolute atomic E-state index is 13.8. The molecule has 0 aliphatic carbocycles. The summed E-state index contributed by atoms with van der Waals surface area (Å²) in [5.74, 6) is 1.51. The zero-order valence-corrected chi connectivity index (χ0v) is 22.7. The van der Waals surface area contributed by atoms with Crippen molar-refractivity contribution in [3.05, 3.63) is 90.1 Å². The van der Waals surface area contributed by atoms with E-state index in [0.717, 1.165) is 17.5 Å². The highest BCUT2D eigenvalue weighted by Gasteiger charge is 2.37. The van der Waals surface area contributed by atoms with E-state index in [1.807, 2.05) is 24.3 Å². The molecule has 9 nitrogen and oxygen atoms in total. The van der Waals surface area contributed by atoms with Gasteiger partial charge >= 0.3 is 12.2 Å². The molecule has 0 radical (unpaired) electrons. The topological polar surface area (TPSA) is 109 Å². The zero-order valence-electron chi connectivity index (χ0n) is 22.7. The summed E-state index contributed by atoms with van der Waals surface area (Å²) in [4.78, 5) is 21.4. The fraction of sp³-hybridized carbons (Fsp3) is 0.233. The van der Waals surface area contributed by atoms with Crippen molar-refractivity contribution >= 4 is 29.0 Å². The summed E-state index contributed by atoms with van der Waals surface area (Å²) in [5.41, 5.74) is 0.753. The van der Waals surface area contributed by atoms with Gasteiger partial charge < -0.3 is 30.7 Å². The Morgan fingerprint density at radius 2 is 1.60 bits per heavy atom. The molecule has 1 aromatic heterocycles. The van der Waals surface area contributed by atoms with Gasteiger partial charge in [-0.1, -0.05) is 6.07 Å². The second-order valence-corrected chi connectivity index (χ2v) is 9.57. The number of benzene rings is 3. The maximum atomic E-state index is 13.8. The number of halogens is 3. The van der Waals surface area contributed by atoms with Gasteiger partial charge in [0.2, 0.25) is 11.8 Å². The second kappa shape index (κ2) is 12.8. The number of alkyl halides is 3. The van der Waals surface area contributed by atoms with E-state index in [1.165, 1.54) is 12.1 Å². The van der Waals surface area contributed by atoms with Crippen LogP contribution in [-0.2, 0) is 6.18 Å². The highest BCUT2D eigenvalue weighted by atomic mass is 19.4. The van der Waals surface area contributed by atoms with Crippen molar-refractivity contribution in [3.63, 3.8) is 0 Å². The van der Waals surface area contributed by atoms with Gasteiger partial charge in [-0.3, -0.25) is 0 Å². The molecule has 42 heavy (non-hydrogen) atoms. The van der Waals surface area contributed by atoms with Crippen LogP contribution in [0.4, 0.5) is 41.0 Å². The minimum atomic E-state index is -4.53. The van der Waals surface area contributed by atoms with Crippen LogP contribution in [0.1, 0.15) is 29.9 Å². The Balaban J connectivity index is 1.22. The third kappa shape index (κ3) is 7.26. The molecule has 5 rings (SSSR count). The lowest BCUT2D eigenvalue weighted by atomic mass is 9.85. The Morgan fingerprint density at radius 1 is 0.905 bits per heavy atom. The van der Waals surface area contributed by atoms with Crippen LogP contribution >= 0.6 is 0 Å². The third-order valence-electron chi connectivity index (χ3n) is 6.72. The molecule has 4 N–H and O–H groups in total. The minimum absolute atomic E-state index is 0.121. The molecule has 0 bridgehead atoms. The quantitative estimate of drug-likeness (QED) is 0.176. The summed E-state index contributed by atoms with van der Waals surface area (Å²) < 4.78 is 52.5. The highest BCUT2D eigenvalue weighted by Crippen LogP contribution is 2.41. The minimum Gasteiger partial charge on any atom is -0.497 e. The van der Waals surface area contributed by atoms with Gasteiger partial charge in [-0.05, 0) is 98.1 Å². The van der Waals surface area contributed by atoms with E-state index in [9.17, 15) is 18.0 Å². The van der Waals surface area contributed by atoms with Crippen LogP contribution in [0.3, 0.4) is 0 Å². The molecule has 0 saturated carbocycles. The molecule has 1 aliphatic heterocycles. The van der Waals surface area contributed by atoms with Gasteiger partial charge in [0.25, 0.3) is 0 Å². The van der Waals surface area contributed by atoms with Crippen molar-refractivity contribution in [1.82, 2.24) is 15.3 Å². The number of hydrogen-bond donors (Lipinski definition) is 4. The number of piperidine rings is 1. The number of hydrogen-bond acceptors (Lipinski definition) is 7. The molecule has 2 amide bonds. The lowest BCUT2D eigenvalue weighted by molar-refractivity contribution is -0.138. The van der Waals surface area contributed by atoms with Crippen molar-refractivity contribution in [2.24, 2.45) is 0 Å². The van der Waals surface area contributed by atoms with Crippen LogP contribution in [0.25, 0.3) is 0 Å². The molecule has 12 heteroatoms. The number of urea groups is 1. The Hall–Kier alpha value is -4.84. The number of rotatable bonds is 8. The molecule has 1 saturated heterocycles. The van der Waals surface area contributed by atoms with Crippen LogP contribution in [-0.4, -0.2) is 36.2 Å². The Kier molecular flexibility index (Phi) is 8.72. The summed E-state index contributed by atoms with van der Waals surface area (Å²) in [5, 5.41) is 11.6. The van der Waals surface area contributed by atoms with E-state index in [0.29, 0.717) is 49.2 Å². The van der Waals surface area contributed by atoms with Gasteiger partial charge in [0.05, 0.1) is 12.7 Å². The fourth-order valence-electron chi connectivity index (χ4n) is 4.75. The molecule has 0 unspecified atom stereocenters. The summed E-state index contributed by atoms with van der Waals surface area (Å²) >= 11 is 0. The second-order valence-electron chi connectivity index (χ2n) is 9.57. The smallest absolute Gasteiger partial charge is 0.416 e. The molecule has 218 valence electrons. The average molecular weight is 579 g/mol. The first-order valence-electron chi connectivity index (χ1n) is 13.3. The van der Waals surface area contributed by atoms with E-state index >= 15 is 0 Å². The SMILES string of the molecule is COc1ccc(Nc2nccc(Oc3ccc(NC(=O)Nc4cccc(C(F)(F)F)c4C4CCNCC4)cc3)n2)cc1. The third-order valence-corrected chi connectivity index (χ3v) is 6.72. The molecule has 1 fully saturated rings. The van der Waals surface area contributed by atoms with Crippen LogP contribution in [0.5, 0.6) is 17.4 Å². The van der Waals surface area contributed by atoms with Gasteiger partial charge in [-0.2, -0.15) is 18.2 Å². The van der Waals surface area contributed by atoms with E-state index in [2.05, 4.69) is 31.2 Å². The average Bonchev–Trinajstić information content (AvgIpc) is 2.99. The first kappa shape index (κ1) is 28.7. The van der Waals surface area contributed by atoms with Crippen LogP contribution in [0.2, 0.25) is 0 Å². The normalized spacial score (nSPS) is 13.7. The predicted molar refractivity (Wildman–Crippen MR) is 154 cm³/mol. The number of ether oxygens (including phenoxy) is 2. The monoisotopic (exact) mass is 578 g/mol. The largest absolute Gasteiger partial charge is 0.497 e. The summed E-state index contributed by atoms with van der Waals surface area (Å²) in [6.07, 6.45) is -1.87. The number of nitrogens with one attached hydrogen (secondary N) is 4. The number of aromatic nitrogens is 2. The highest BCUT2D eigenvalue weighted by molar-refractivity contribution is 6.00. The van der Waals surface area contributed by atoms with Crippen molar-refractivity contribution < 1.29 is 27.4 Å². The van der Waals surface area contributed by atoms with E-state index in [1.54, 1.807) is 43.6 Å². The van der Waals surface area contributed by atoms with Crippen molar-refractivity contribution in [2.75, 3.05) is 36.1 Å². The number of nitrogens with zero attached hydrogens (tertiary/aromatic N) is 2. The summed E-state index contributed by atoms with van der Waals surface area (Å²) in [6, 6.07) is 18.6. The molecular weight excluding hydrogens is 549 g/mol. The van der Waals surface area contributed by atoms with E-state index < -0.39 is 17.8 Å². The molecule has 4 aromatic rings. The van der Waals surface area contributed by atoms with Crippen LogP contribution in [0, 0.1) is 0 Å². The van der Waals surface area contributed by atoms with Gasteiger partial charge in [0.15, 0.2) is 0 Å². The number of carbonyl (C=O) groups excluding carboxylic acids is 1. The van der Waals surface area contributed by atoms with E-state index in [4.69, 9.17) is 9.47 Å². The molecular formula is C30H29F3N6O3. The number of amides is 2. The maximum Gasteiger partial charge on any atom is 0.416 e. The van der Waals surface area contributed by atoms with Crippen molar-refractivity contribution in [1.29, 1.82) is 0 Å². The van der Waals surface area contributed by atoms with Crippen LogP contribution in [0.15, 0.2) is 79.0 Å². The Labute approximate surface area is 240 Å². The molecule has 0 spiro atoms. The lowest BCUT2D eigenvalue weighted by Crippen LogP contribution is -2.29. The van der Waals surface area contributed by atoms with Gasteiger partial charge in [-0.15, -0.1) is 0 Å². The summed E-state index contributed by atoms with van der Waals surface area (Å²) in [7, 11) is 1.59. The lowest BCUT2D eigenvalue weighted by Gasteiger charge is -2.28. The molecule has 2 heterocycles. The Bertz CT molecular complexity index is 1510.